The molecule has 0 atom stereocenters. The van der Waals surface area contributed by atoms with Crippen molar-refractivity contribution in [3.8, 4) is 11.4 Å². The van der Waals surface area contributed by atoms with E-state index >= 15 is 0 Å². The summed E-state index contributed by atoms with van der Waals surface area (Å²) in [5, 5.41) is 4.70. The molecule has 0 radical (unpaired) electrons. The predicted molar refractivity (Wildman–Crippen MR) is 67.6 cm³/mol. The number of rotatable bonds is 3. The zero-order valence-corrected chi connectivity index (χ0v) is 10.6. The van der Waals surface area contributed by atoms with Crippen molar-refractivity contribution >= 4 is 23.5 Å². The van der Waals surface area contributed by atoms with Crippen LogP contribution in [0.5, 0.6) is 5.75 Å². The van der Waals surface area contributed by atoms with Gasteiger partial charge in [0, 0.05) is 6.07 Å². The fourth-order valence-electron chi connectivity index (χ4n) is 1.59. The minimum atomic E-state index is 0.406. The molecular formula is C12H10ClN3O2. The van der Waals surface area contributed by atoms with E-state index in [4.69, 9.17) is 16.3 Å². The Kier molecular flexibility index (Phi) is 3.46. The summed E-state index contributed by atoms with van der Waals surface area (Å²) in [6.45, 7) is 1.81. The molecular weight excluding hydrogens is 254 g/mol. The van der Waals surface area contributed by atoms with E-state index < -0.39 is 0 Å². The number of benzene rings is 1. The van der Waals surface area contributed by atoms with Crippen molar-refractivity contribution in [1.29, 1.82) is 0 Å². The second-order valence-electron chi connectivity index (χ2n) is 3.58. The van der Waals surface area contributed by atoms with Crippen LogP contribution in [-0.2, 0) is 4.79 Å². The van der Waals surface area contributed by atoms with E-state index in [2.05, 4.69) is 10.1 Å². The van der Waals surface area contributed by atoms with Gasteiger partial charge in [0.1, 0.15) is 5.75 Å². The van der Waals surface area contributed by atoms with Gasteiger partial charge < -0.3 is 4.74 Å². The molecule has 0 fully saturated rings. The first-order valence-electron chi connectivity index (χ1n) is 5.14. The molecule has 6 heteroatoms. The number of halogens is 1. The van der Waals surface area contributed by atoms with E-state index in [0.717, 1.165) is 5.69 Å². The number of nitrogens with zero attached hydrogens (tertiary/aromatic N) is 3. The van der Waals surface area contributed by atoms with Crippen LogP contribution in [-0.4, -0.2) is 23.0 Å². The van der Waals surface area contributed by atoms with Gasteiger partial charge in [0.15, 0.2) is 5.82 Å². The lowest BCUT2D eigenvalue weighted by molar-refractivity contribution is 0.415. The number of aromatic nitrogens is 2. The maximum Gasteiger partial charge on any atom is 0.242 e. The minimum Gasteiger partial charge on any atom is -0.495 e. The lowest BCUT2D eigenvalue weighted by Gasteiger charge is -2.07. The highest BCUT2D eigenvalue weighted by Gasteiger charge is 2.09. The van der Waals surface area contributed by atoms with Crippen LogP contribution >= 0.6 is 11.6 Å². The van der Waals surface area contributed by atoms with Gasteiger partial charge in [0.25, 0.3) is 0 Å². The van der Waals surface area contributed by atoms with Crippen LogP contribution in [0.1, 0.15) is 5.69 Å². The first-order valence-corrected chi connectivity index (χ1v) is 5.52. The second-order valence-corrected chi connectivity index (χ2v) is 3.98. The van der Waals surface area contributed by atoms with E-state index in [-0.39, 0.29) is 0 Å². The van der Waals surface area contributed by atoms with E-state index in [1.807, 2.05) is 6.92 Å². The van der Waals surface area contributed by atoms with Crippen molar-refractivity contribution in [2.45, 2.75) is 6.92 Å². The number of ether oxygens (including phenoxy) is 1. The second kappa shape index (κ2) is 5.04. The highest BCUT2D eigenvalue weighted by Crippen LogP contribution is 2.28. The lowest BCUT2D eigenvalue weighted by atomic mass is 10.3. The molecule has 0 N–H and O–H groups in total. The average Bonchev–Trinajstić information content (AvgIpc) is 2.71. The molecule has 2 rings (SSSR count). The van der Waals surface area contributed by atoms with E-state index in [1.54, 1.807) is 31.4 Å². The van der Waals surface area contributed by atoms with Gasteiger partial charge in [-0.05, 0) is 25.1 Å². The number of aryl methyl sites for hydroxylation is 1. The standard InChI is InChI=1S/C12H10ClN3O2/c1-8-5-12(14-7-17)16(15-8)9-3-4-11(18-2)10(13)6-9/h3-6H,1-2H3. The van der Waals surface area contributed by atoms with Crippen LogP contribution in [0.25, 0.3) is 5.69 Å². The summed E-state index contributed by atoms with van der Waals surface area (Å²) < 4.78 is 6.59. The Balaban J connectivity index is 2.54. The van der Waals surface area contributed by atoms with Gasteiger partial charge in [-0.2, -0.15) is 5.10 Å². The Bertz CT molecular complexity index is 630. The van der Waals surface area contributed by atoms with Crippen LogP contribution in [0.15, 0.2) is 29.3 Å². The third-order valence-electron chi connectivity index (χ3n) is 2.35. The van der Waals surface area contributed by atoms with Crippen molar-refractivity contribution in [1.82, 2.24) is 9.78 Å². The summed E-state index contributed by atoms with van der Waals surface area (Å²) in [7, 11) is 1.54. The molecule has 0 spiro atoms. The van der Waals surface area contributed by atoms with Gasteiger partial charge in [-0.25, -0.2) is 9.48 Å². The molecule has 0 unspecified atom stereocenters. The number of methoxy groups -OCH3 is 1. The summed E-state index contributed by atoms with van der Waals surface area (Å²) in [5.74, 6) is 0.980. The SMILES string of the molecule is COc1ccc(-n2nc(C)cc2N=C=O)cc1Cl. The van der Waals surface area contributed by atoms with Gasteiger partial charge in [-0.1, -0.05) is 11.6 Å². The number of aliphatic imine (C=N–C) groups is 1. The summed E-state index contributed by atoms with van der Waals surface area (Å²) in [6, 6.07) is 6.88. The Hall–Kier alpha value is -2.10. The molecule has 18 heavy (non-hydrogen) atoms. The van der Waals surface area contributed by atoms with Gasteiger partial charge in [0.05, 0.1) is 23.5 Å². The molecule has 0 bridgehead atoms. The van der Waals surface area contributed by atoms with Crippen molar-refractivity contribution < 1.29 is 9.53 Å². The number of hydrogen-bond acceptors (Lipinski definition) is 4. The van der Waals surface area contributed by atoms with Gasteiger partial charge >= 0.3 is 0 Å². The topological polar surface area (TPSA) is 56.5 Å². The van der Waals surface area contributed by atoms with Crippen molar-refractivity contribution in [3.05, 3.63) is 35.0 Å². The zero-order valence-electron chi connectivity index (χ0n) is 9.85. The Morgan fingerprint density at radius 2 is 2.22 bits per heavy atom. The van der Waals surface area contributed by atoms with E-state index in [9.17, 15) is 4.79 Å². The number of isocyanates is 1. The van der Waals surface area contributed by atoms with Crippen LogP contribution < -0.4 is 4.74 Å². The summed E-state index contributed by atoms with van der Waals surface area (Å²) in [6.07, 6.45) is 1.50. The molecule has 0 saturated carbocycles. The number of carbonyl (C=O) groups excluding carboxylic acids is 1. The molecule has 5 nitrogen and oxygen atoms in total. The van der Waals surface area contributed by atoms with E-state index in [0.29, 0.717) is 22.3 Å². The molecule has 1 aromatic carbocycles. The molecule has 0 amide bonds. The molecule has 0 aliphatic rings. The summed E-state index contributed by atoms with van der Waals surface area (Å²) >= 11 is 6.04. The first kappa shape index (κ1) is 12.4. The smallest absolute Gasteiger partial charge is 0.242 e. The third-order valence-corrected chi connectivity index (χ3v) is 2.65. The largest absolute Gasteiger partial charge is 0.495 e. The fraction of sp³-hybridized carbons (Fsp3) is 0.167. The first-order chi connectivity index (χ1) is 8.65. The Labute approximate surface area is 109 Å². The van der Waals surface area contributed by atoms with Crippen LogP contribution in [0, 0.1) is 6.92 Å². The average molecular weight is 264 g/mol. The Morgan fingerprint density at radius 1 is 1.44 bits per heavy atom. The zero-order chi connectivity index (χ0) is 13.1. The maximum absolute atomic E-state index is 10.4. The third kappa shape index (κ3) is 2.27. The Morgan fingerprint density at radius 3 is 2.83 bits per heavy atom. The van der Waals surface area contributed by atoms with Gasteiger partial charge in [-0.3, -0.25) is 0 Å². The van der Waals surface area contributed by atoms with Crippen molar-refractivity contribution in [3.63, 3.8) is 0 Å². The van der Waals surface area contributed by atoms with Gasteiger partial charge in [0.2, 0.25) is 6.08 Å². The maximum atomic E-state index is 10.4. The van der Waals surface area contributed by atoms with Crippen LogP contribution in [0.4, 0.5) is 5.82 Å². The summed E-state index contributed by atoms with van der Waals surface area (Å²) in [5.41, 5.74) is 1.44. The minimum absolute atomic E-state index is 0.406. The fourth-order valence-corrected chi connectivity index (χ4v) is 1.84. The molecule has 1 heterocycles. The lowest BCUT2D eigenvalue weighted by Crippen LogP contribution is -1.97. The molecule has 0 aliphatic carbocycles. The summed E-state index contributed by atoms with van der Waals surface area (Å²) in [4.78, 5) is 14.0. The van der Waals surface area contributed by atoms with Crippen molar-refractivity contribution in [2.75, 3.05) is 7.11 Å². The molecule has 0 saturated heterocycles. The van der Waals surface area contributed by atoms with E-state index in [1.165, 1.54) is 10.8 Å². The van der Waals surface area contributed by atoms with Crippen LogP contribution in [0.3, 0.4) is 0 Å². The highest BCUT2D eigenvalue weighted by molar-refractivity contribution is 6.32. The molecule has 2 aromatic rings. The highest BCUT2D eigenvalue weighted by atomic mass is 35.5. The normalized spacial score (nSPS) is 9.94. The molecule has 92 valence electrons. The monoisotopic (exact) mass is 263 g/mol. The molecule has 0 aliphatic heterocycles. The quantitative estimate of drug-likeness (QED) is 0.632. The predicted octanol–water partition coefficient (Wildman–Crippen LogP) is 2.81. The number of hydrogen-bond donors (Lipinski definition) is 0. The molecule has 1 aromatic heterocycles. The van der Waals surface area contributed by atoms with Crippen LogP contribution in [0.2, 0.25) is 5.02 Å². The van der Waals surface area contributed by atoms with Gasteiger partial charge in [-0.15, -0.1) is 4.99 Å². The van der Waals surface area contributed by atoms with Crippen molar-refractivity contribution in [2.24, 2.45) is 4.99 Å².